The van der Waals surface area contributed by atoms with Gasteiger partial charge in [0, 0.05) is 18.3 Å². The second kappa shape index (κ2) is 6.39. The first-order chi connectivity index (χ1) is 8.99. The largest absolute Gasteiger partial charge is 0.481 e. The fourth-order valence-corrected chi connectivity index (χ4v) is 1.97. The molecule has 0 fully saturated rings. The van der Waals surface area contributed by atoms with E-state index in [1.165, 1.54) is 0 Å². The molecular weight excluding hydrogens is 278 g/mol. The number of carbonyl (C=O) groups excluding carboxylic acids is 1. The van der Waals surface area contributed by atoms with Crippen molar-refractivity contribution in [3.05, 3.63) is 58.9 Å². The van der Waals surface area contributed by atoms with Crippen LogP contribution in [0.3, 0.4) is 0 Å². The quantitative estimate of drug-likeness (QED) is 0.882. The minimum Gasteiger partial charge on any atom is -0.481 e. The van der Waals surface area contributed by atoms with Crippen LogP contribution in [0.25, 0.3) is 0 Å². The van der Waals surface area contributed by atoms with Crippen molar-refractivity contribution >= 4 is 24.2 Å². The zero-order valence-corrected chi connectivity index (χ0v) is 12.1. The highest BCUT2D eigenvalue weighted by Crippen LogP contribution is 2.14. The predicted octanol–water partition coefficient (Wildman–Crippen LogP) is 2.61. The molecule has 1 heterocycles. The minimum absolute atomic E-state index is 0. The highest BCUT2D eigenvalue weighted by atomic mass is 35.5. The fourth-order valence-electron chi connectivity index (χ4n) is 1.97. The van der Waals surface area contributed by atoms with E-state index in [1.807, 2.05) is 19.1 Å². The molecule has 0 bridgehead atoms. The average molecular weight is 294 g/mol. The Morgan fingerprint density at radius 1 is 1.10 bits per heavy atom. The molecule has 1 aromatic heterocycles. The Morgan fingerprint density at radius 3 is 2.25 bits per heavy atom. The summed E-state index contributed by atoms with van der Waals surface area (Å²) in [5.41, 5.74) is 2.81. The number of ketones is 1. The van der Waals surface area contributed by atoms with Gasteiger partial charge in [-0.15, -0.1) is 12.4 Å². The molecule has 2 aromatic rings. The molecule has 5 heteroatoms. The summed E-state index contributed by atoms with van der Waals surface area (Å²) in [6.45, 7) is 1.96. The molecule has 0 aliphatic carbocycles. The van der Waals surface area contributed by atoms with Crippen LogP contribution in [0.15, 0.2) is 36.4 Å². The molecule has 0 aliphatic rings. The van der Waals surface area contributed by atoms with E-state index in [0.29, 0.717) is 17.0 Å². The molecule has 20 heavy (non-hydrogen) atoms. The lowest BCUT2D eigenvalue weighted by atomic mass is 10.1. The van der Waals surface area contributed by atoms with E-state index < -0.39 is 5.97 Å². The number of benzene rings is 1. The van der Waals surface area contributed by atoms with Gasteiger partial charge in [0.2, 0.25) is 5.78 Å². The molecule has 0 atom stereocenters. The molecule has 2 rings (SSSR count). The number of aromatic nitrogens is 1. The Morgan fingerprint density at radius 2 is 1.70 bits per heavy atom. The number of carboxylic acid groups (broad SMARTS) is 1. The lowest BCUT2D eigenvalue weighted by Gasteiger charge is -2.06. The topological polar surface area (TPSA) is 59.3 Å². The maximum absolute atomic E-state index is 12.3. The van der Waals surface area contributed by atoms with Gasteiger partial charge < -0.3 is 9.67 Å². The zero-order chi connectivity index (χ0) is 14.0. The number of hydrogen-bond donors (Lipinski definition) is 1. The molecule has 0 saturated carbocycles. The van der Waals surface area contributed by atoms with Gasteiger partial charge >= 0.3 is 5.97 Å². The van der Waals surface area contributed by atoms with Gasteiger partial charge in [0.25, 0.3) is 0 Å². The SMILES string of the molecule is Cc1ccc(C(=O)c2ccc(CC(=O)O)n2C)cc1.Cl. The van der Waals surface area contributed by atoms with Gasteiger partial charge in [-0.2, -0.15) is 0 Å². The van der Waals surface area contributed by atoms with E-state index in [1.54, 1.807) is 35.9 Å². The molecule has 0 spiro atoms. The molecule has 1 aromatic carbocycles. The van der Waals surface area contributed by atoms with Crippen LogP contribution in [0.1, 0.15) is 27.3 Å². The van der Waals surface area contributed by atoms with E-state index in [9.17, 15) is 9.59 Å². The standard InChI is InChI=1S/C15H15NO3.ClH/c1-10-3-5-11(6-4-10)15(19)13-8-7-12(16(13)2)9-14(17)18;/h3-8H,9H2,1-2H3,(H,17,18);1H. The van der Waals surface area contributed by atoms with Crippen molar-refractivity contribution in [2.75, 3.05) is 0 Å². The van der Waals surface area contributed by atoms with Crippen LogP contribution < -0.4 is 0 Å². The van der Waals surface area contributed by atoms with Crippen LogP contribution in [0.2, 0.25) is 0 Å². The zero-order valence-electron chi connectivity index (χ0n) is 11.3. The lowest BCUT2D eigenvalue weighted by Crippen LogP contribution is -2.11. The molecule has 0 unspecified atom stereocenters. The summed E-state index contributed by atoms with van der Waals surface area (Å²) in [5, 5.41) is 8.79. The first kappa shape index (κ1) is 16.0. The van der Waals surface area contributed by atoms with Crippen LogP contribution >= 0.6 is 12.4 Å². The Hall–Kier alpha value is -2.07. The third-order valence-corrected chi connectivity index (χ3v) is 3.10. The van der Waals surface area contributed by atoms with E-state index in [-0.39, 0.29) is 24.6 Å². The van der Waals surface area contributed by atoms with E-state index in [0.717, 1.165) is 5.56 Å². The number of hydrogen-bond acceptors (Lipinski definition) is 2. The summed E-state index contributed by atoms with van der Waals surface area (Å²) >= 11 is 0. The van der Waals surface area contributed by atoms with Gasteiger partial charge in [-0.25, -0.2) is 0 Å². The molecule has 0 amide bonds. The Labute approximate surface area is 123 Å². The smallest absolute Gasteiger partial charge is 0.309 e. The number of carboxylic acids is 1. The summed E-state index contributed by atoms with van der Waals surface area (Å²) in [5.74, 6) is -1.00. The molecule has 0 saturated heterocycles. The predicted molar refractivity (Wildman–Crippen MR) is 78.6 cm³/mol. The number of nitrogens with zero attached hydrogens (tertiary/aromatic N) is 1. The van der Waals surface area contributed by atoms with Crippen LogP contribution in [0, 0.1) is 6.92 Å². The molecule has 0 aliphatic heterocycles. The van der Waals surface area contributed by atoms with Crippen molar-refractivity contribution in [1.82, 2.24) is 4.57 Å². The van der Waals surface area contributed by atoms with Crippen molar-refractivity contribution in [2.45, 2.75) is 13.3 Å². The molecule has 4 nitrogen and oxygen atoms in total. The van der Waals surface area contributed by atoms with Gasteiger partial charge in [-0.3, -0.25) is 9.59 Å². The Balaban J connectivity index is 0.00000200. The van der Waals surface area contributed by atoms with Gasteiger partial charge in [0.15, 0.2) is 0 Å². The molecular formula is C15H16ClNO3. The summed E-state index contributed by atoms with van der Waals surface area (Å²) in [6.07, 6.45) is -0.0856. The first-order valence-corrected chi connectivity index (χ1v) is 5.97. The van der Waals surface area contributed by atoms with Crippen LogP contribution in [-0.2, 0) is 18.3 Å². The van der Waals surface area contributed by atoms with Gasteiger partial charge in [0.05, 0.1) is 12.1 Å². The maximum Gasteiger partial charge on any atom is 0.309 e. The van der Waals surface area contributed by atoms with Crippen LogP contribution in [0.5, 0.6) is 0 Å². The number of aliphatic carboxylic acids is 1. The number of rotatable bonds is 4. The number of carbonyl (C=O) groups is 2. The molecule has 1 N–H and O–H groups in total. The summed E-state index contributed by atoms with van der Waals surface area (Å²) < 4.78 is 1.64. The first-order valence-electron chi connectivity index (χ1n) is 5.97. The summed E-state index contributed by atoms with van der Waals surface area (Å²) in [7, 11) is 1.71. The third kappa shape index (κ3) is 3.27. The summed E-state index contributed by atoms with van der Waals surface area (Å²) in [6, 6.07) is 10.7. The number of aryl methyl sites for hydroxylation is 1. The minimum atomic E-state index is -0.907. The fraction of sp³-hybridized carbons (Fsp3) is 0.200. The Kier molecular flexibility index (Phi) is 5.11. The van der Waals surface area contributed by atoms with Gasteiger partial charge in [0.1, 0.15) is 0 Å². The Bertz CT molecular complexity index is 629. The van der Waals surface area contributed by atoms with E-state index >= 15 is 0 Å². The third-order valence-electron chi connectivity index (χ3n) is 3.10. The normalized spacial score (nSPS) is 9.90. The van der Waals surface area contributed by atoms with Crippen molar-refractivity contribution < 1.29 is 14.7 Å². The number of halogens is 1. The lowest BCUT2D eigenvalue weighted by molar-refractivity contribution is -0.136. The monoisotopic (exact) mass is 293 g/mol. The van der Waals surface area contributed by atoms with Gasteiger partial charge in [-0.1, -0.05) is 29.8 Å². The van der Waals surface area contributed by atoms with Crippen LogP contribution in [-0.4, -0.2) is 21.4 Å². The highest BCUT2D eigenvalue weighted by molar-refractivity contribution is 6.08. The van der Waals surface area contributed by atoms with Crippen molar-refractivity contribution in [2.24, 2.45) is 7.05 Å². The van der Waals surface area contributed by atoms with Crippen molar-refractivity contribution in [3.63, 3.8) is 0 Å². The van der Waals surface area contributed by atoms with E-state index in [4.69, 9.17) is 5.11 Å². The maximum atomic E-state index is 12.3. The average Bonchev–Trinajstić information content (AvgIpc) is 2.70. The van der Waals surface area contributed by atoms with E-state index in [2.05, 4.69) is 0 Å². The van der Waals surface area contributed by atoms with Crippen molar-refractivity contribution in [1.29, 1.82) is 0 Å². The second-order valence-corrected chi connectivity index (χ2v) is 4.53. The summed E-state index contributed by atoms with van der Waals surface area (Å²) in [4.78, 5) is 23.0. The second-order valence-electron chi connectivity index (χ2n) is 4.53. The highest BCUT2D eigenvalue weighted by Gasteiger charge is 2.15. The van der Waals surface area contributed by atoms with Gasteiger partial charge in [-0.05, 0) is 19.1 Å². The van der Waals surface area contributed by atoms with Crippen LogP contribution in [0.4, 0.5) is 0 Å². The molecule has 106 valence electrons. The van der Waals surface area contributed by atoms with Crippen molar-refractivity contribution in [3.8, 4) is 0 Å². The molecule has 0 radical (unpaired) electrons.